The smallest absolute Gasteiger partial charge is 0.183 e. The molecule has 0 amide bonds. The first kappa shape index (κ1) is 20.3. The van der Waals surface area contributed by atoms with Crippen molar-refractivity contribution in [2.45, 2.75) is 37.0 Å². The molecule has 1 saturated carbocycles. The molecule has 5 atom stereocenters. The third-order valence-electron chi connectivity index (χ3n) is 6.17. The van der Waals surface area contributed by atoms with E-state index in [-0.39, 0.29) is 18.6 Å². The second-order valence-electron chi connectivity index (χ2n) is 8.08. The molecule has 3 aromatic heterocycles. The molecular weight excluding hydrogens is 424 g/mol. The summed E-state index contributed by atoms with van der Waals surface area (Å²) < 4.78 is 0. The van der Waals surface area contributed by atoms with Crippen LogP contribution in [0.3, 0.4) is 0 Å². The molecule has 3 aromatic rings. The minimum atomic E-state index is -0.995. The van der Waals surface area contributed by atoms with Crippen LogP contribution in [0.1, 0.15) is 24.6 Å². The largest absolute Gasteiger partial charge is 0.396 e. The summed E-state index contributed by atoms with van der Waals surface area (Å²) in [7, 11) is 0. The number of H-pyrrole nitrogens is 1. The summed E-state index contributed by atoms with van der Waals surface area (Å²) >= 11 is 5.98. The molecule has 0 aromatic carbocycles. The molecule has 0 spiro atoms. The van der Waals surface area contributed by atoms with E-state index in [0.29, 0.717) is 34.4 Å². The molecule has 0 unspecified atom stereocenters. The van der Waals surface area contributed by atoms with Crippen molar-refractivity contribution in [1.29, 1.82) is 0 Å². The molecule has 12 heteroatoms. The molecule has 1 saturated heterocycles. The molecule has 4 heterocycles. The van der Waals surface area contributed by atoms with E-state index in [0.717, 1.165) is 25.3 Å². The number of rotatable bonds is 5. The lowest BCUT2D eigenvalue weighted by molar-refractivity contribution is 0.00176. The van der Waals surface area contributed by atoms with Crippen molar-refractivity contribution in [1.82, 2.24) is 29.9 Å². The Balaban J connectivity index is 1.34. The summed E-state index contributed by atoms with van der Waals surface area (Å²) in [4.78, 5) is 26.7. The lowest BCUT2D eigenvalue weighted by Crippen LogP contribution is -2.29. The highest BCUT2D eigenvalue weighted by Crippen LogP contribution is 2.38. The molecule has 11 nitrogen and oxygen atoms in total. The average molecular weight is 447 g/mol. The highest BCUT2D eigenvalue weighted by Gasteiger charge is 2.43. The van der Waals surface area contributed by atoms with Crippen molar-refractivity contribution in [3.05, 3.63) is 29.7 Å². The van der Waals surface area contributed by atoms with E-state index in [1.807, 2.05) is 0 Å². The number of anilines is 2. The Morgan fingerprint density at radius 1 is 1.16 bits per heavy atom. The van der Waals surface area contributed by atoms with E-state index in [1.165, 1.54) is 12.7 Å². The van der Waals surface area contributed by atoms with E-state index in [1.54, 1.807) is 6.07 Å². The van der Waals surface area contributed by atoms with Crippen LogP contribution >= 0.6 is 11.6 Å². The third kappa shape index (κ3) is 3.78. The summed E-state index contributed by atoms with van der Waals surface area (Å²) in [5.74, 6) is 1.16. The van der Waals surface area contributed by atoms with Gasteiger partial charge < -0.3 is 30.5 Å². The van der Waals surface area contributed by atoms with Crippen molar-refractivity contribution in [2.24, 2.45) is 5.92 Å². The fraction of sp³-hybridized carbons (Fsp3) is 0.526. The molecule has 164 valence electrons. The zero-order valence-electron chi connectivity index (χ0n) is 16.6. The van der Waals surface area contributed by atoms with Crippen molar-refractivity contribution in [2.75, 3.05) is 29.9 Å². The number of aliphatic hydroxyl groups is 3. The van der Waals surface area contributed by atoms with Crippen LogP contribution in [0.5, 0.6) is 0 Å². The Bertz CT molecular complexity index is 1080. The number of aliphatic hydroxyl groups excluding tert-OH is 3. The Morgan fingerprint density at radius 2 is 2.00 bits per heavy atom. The highest BCUT2D eigenvalue weighted by atomic mass is 35.5. The van der Waals surface area contributed by atoms with Gasteiger partial charge in [-0.15, -0.1) is 0 Å². The van der Waals surface area contributed by atoms with Crippen LogP contribution in [0.2, 0.25) is 5.15 Å². The van der Waals surface area contributed by atoms with Gasteiger partial charge in [0, 0.05) is 43.6 Å². The molecule has 5 N–H and O–H groups in total. The summed E-state index contributed by atoms with van der Waals surface area (Å²) in [5, 5.41) is 33.8. The quantitative estimate of drug-likeness (QED) is 0.345. The molecular formula is C19H23ClN8O3. The Kier molecular flexibility index (Phi) is 5.34. The van der Waals surface area contributed by atoms with Crippen LogP contribution in [0.25, 0.3) is 11.2 Å². The summed E-state index contributed by atoms with van der Waals surface area (Å²) in [6.45, 7) is 1.37. The van der Waals surface area contributed by atoms with E-state index in [4.69, 9.17) is 11.6 Å². The Morgan fingerprint density at radius 3 is 2.77 bits per heavy atom. The summed E-state index contributed by atoms with van der Waals surface area (Å²) in [6, 6.07) is 1.88. The minimum absolute atomic E-state index is 0.135. The summed E-state index contributed by atoms with van der Waals surface area (Å²) in [6.07, 6.45) is 2.25. The standard InChI is InChI=1S/C19H23ClN8O3/c20-12-4-13(22-7-21-12)28-2-1-10(5-28)25-18-14-19(24-8-23-18)27-17(26-14)11-3-9(6-29)15(30)16(11)31/h4,7-11,15-16,29-31H,1-3,5-6H2,(H2,23,24,25,26,27)/t9-,10+,11+,15+,16-/m1/s1. The van der Waals surface area contributed by atoms with E-state index in [9.17, 15) is 15.3 Å². The molecule has 1 aliphatic carbocycles. The molecule has 2 aliphatic rings. The van der Waals surface area contributed by atoms with Gasteiger partial charge in [-0.05, 0) is 12.8 Å². The fourth-order valence-corrected chi connectivity index (χ4v) is 4.63. The number of nitrogens with one attached hydrogen (secondary N) is 2. The van der Waals surface area contributed by atoms with Crippen molar-refractivity contribution in [3.63, 3.8) is 0 Å². The predicted octanol–water partition coefficient (Wildman–Crippen LogP) is 0.305. The topological polar surface area (TPSA) is 156 Å². The number of aromatic amines is 1. The van der Waals surface area contributed by atoms with Crippen molar-refractivity contribution in [3.8, 4) is 0 Å². The van der Waals surface area contributed by atoms with Gasteiger partial charge in [0.2, 0.25) is 0 Å². The van der Waals surface area contributed by atoms with Gasteiger partial charge in [-0.3, -0.25) is 0 Å². The maximum atomic E-state index is 10.4. The number of halogens is 1. The number of imidazole rings is 1. The minimum Gasteiger partial charge on any atom is -0.396 e. The van der Waals surface area contributed by atoms with Crippen molar-refractivity contribution < 1.29 is 15.3 Å². The zero-order chi connectivity index (χ0) is 21.5. The van der Waals surface area contributed by atoms with E-state index >= 15 is 0 Å². The lowest BCUT2D eigenvalue weighted by atomic mass is 10.0. The van der Waals surface area contributed by atoms with Gasteiger partial charge in [0.1, 0.15) is 35.0 Å². The zero-order valence-corrected chi connectivity index (χ0v) is 17.3. The van der Waals surface area contributed by atoms with Gasteiger partial charge in [-0.2, -0.15) is 0 Å². The first-order chi connectivity index (χ1) is 15.0. The third-order valence-corrected chi connectivity index (χ3v) is 6.37. The normalized spacial score (nSPS) is 28.5. The fourth-order valence-electron chi connectivity index (χ4n) is 4.49. The molecule has 0 radical (unpaired) electrons. The molecule has 1 aliphatic heterocycles. The molecule has 5 rings (SSSR count). The Hall–Kier alpha value is -2.60. The van der Waals surface area contributed by atoms with E-state index < -0.39 is 18.1 Å². The number of hydrogen-bond acceptors (Lipinski definition) is 10. The molecule has 31 heavy (non-hydrogen) atoms. The van der Waals surface area contributed by atoms with Crippen LogP contribution < -0.4 is 10.2 Å². The Labute approximate surface area is 182 Å². The number of fused-ring (bicyclic) bond motifs is 1. The van der Waals surface area contributed by atoms with Gasteiger partial charge in [0.05, 0.1) is 12.2 Å². The highest BCUT2D eigenvalue weighted by molar-refractivity contribution is 6.29. The van der Waals surface area contributed by atoms with Gasteiger partial charge in [0.15, 0.2) is 11.5 Å². The van der Waals surface area contributed by atoms with Gasteiger partial charge >= 0.3 is 0 Å². The predicted molar refractivity (Wildman–Crippen MR) is 113 cm³/mol. The molecule has 2 fully saturated rings. The monoisotopic (exact) mass is 446 g/mol. The van der Waals surface area contributed by atoms with Gasteiger partial charge in [-0.25, -0.2) is 24.9 Å². The molecule has 0 bridgehead atoms. The number of hydrogen-bond donors (Lipinski definition) is 5. The number of nitrogens with zero attached hydrogens (tertiary/aromatic N) is 6. The van der Waals surface area contributed by atoms with Crippen LogP contribution in [0, 0.1) is 5.92 Å². The van der Waals surface area contributed by atoms with Crippen LogP contribution in [-0.4, -0.2) is 83.2 Å². The first-order valence-corrected chi connectivity index (χ1v) is 10.6. The van der Waals surface area contributed by atoms with Gasteiger partial charge in [0.25, 0.3) is 0 Å². The van der Waals surface area contributed by atoms with Crippen molar-refractivity contribution >= 4 is 34.4 Å². The second-order valence-corrected chi connectivity index (χ2v) is 8.47. The number of aromatic nitrogens is 6. The second kappa shape index (κ2) is 8.15. The lowest BCUT2D eigenvalue weighted by Gasteiger charge is -2.18. The maximum Gasteiger partial charge on any atom is 0.183 e. The first-order valence-electron chi connectivity index (χ1n) is 10.2. The van der Waals surface area contributed by atoms with Crippen LogP contribution in [0.15, 0.2) is 18.7 Å². The summed E-state index contributed by atoms with van der Waals surface area (Å²) in [5.41, 5.74) is 1.13. The van der Waals surface area contributed by atoms with Gasteiger partial charge in [-0.1, -0.05) is 11.6 Å². The maximum absolute atomic E-state index is 10.4. The van der Waals surface area contributed by atoms with Crippen LogP contribution in [0.4, 0.5) is 11.6 Å². The average Bonchev–Trinajstić information content (AvgIpc) is 3.47. The SMILES string of the molecule is OC[C@H]1C[C@H](c2nc3ncnc(N[C@H]4CCN(c5cc(Cl)ncn5)C4)c3[nH]2)[C@@H](O)[C@H]1O. The van der Waals surface area contributed by atoms with Crippen LogP contribution in [-0.2, 0) is 0 Å². The van der Waals surface area contributed by atoms with E-state index in [2.05, 4.69) is 40.1 Å².